The Kier molecular flexibility index (Phi) is 5.25. The molecule has 0 unspecified atom stereocenters. The van der Waals surface area contributed by atoms with Crippen LogP contribution in [0.5, 0.6) is 0 Å². The van der Waals surface area contributed by atoms with E-state index in [1.807, 2.05) is 23.6 Å². The number of hydrogen-bond acceptors (Lipinski definition) is 5. The molecule has 0 aliphatic carbocycles. The van der Waals surface area contributed by atoms with E-state index in [2.05, 4.69) is 0 Å². The molecular weight excluding hydrogens is 340 g/mol. The monoisotopic (exact) mass is 356 g/mol. The van der Waals surface area contributed by atoms with E-state index in [0.717, 1.165) is 6.42 Å². The molecule has 0 aliphatic rings. The van der Waals surface area contributed by atoms with Crippen LogP contribution in [0.4, 0.5) is 5.69 Å². The molecule has 0 aliphatic heterocycles. The van der Waals surface area contributed by atoms with Gasteiger partial charge in [-0.2, -0.15) is 0 Å². The van der Waals surface area contributed by atoms with Crippen molar-refractivity contribution in [1.29, 1.82) is 0 Å². The van der Waals surface area contributed by atoms with Crippen LogP contribution in [-0.4, -0.2) is 22.3 Å². The summed E-state index contributed by atoms with van der Waals surface area (Å²) in [5.41, 5.74) is 0.385. The first-order chi connectivity index (χ1) is 12.1. The Labute approximate surface area is 148 Å². The number of thiophene rings is 1. The zero-order valence-electron chi connectivity index (χ0n) is 13.3. The highest BCUT2D eigenvalue weighted by Gasteiger charge is 2.18. The lowest BCUT2D eigenvalue weighted by molar-refractivity contribution is -0.384. The lowest BCUT2D eigenvalue weighted by Gasteiger charge is -2.21. The van der Waals surface area contributed by atoms with Gasteiger partial charge in [-0.05, 0) is 42.1 Å². The Morgan fingerprint density at radius 2 is 1.96 bits per heavy atom. The zero-order valence-corrected chi connectivity index (χ0v) is 14.1. The Morgan fingerprint density at radius 1 is 1.16 bits per heavy atom. The van der Waals surface area contributed by atoms with Crippen LogP contribution >= 0.6 is 11.3 Å². The maximum atomic E-state index is 12.8. The molecule has 0 saturated carbocycles. The Morgan fingerprint density at radius 3 is 2.56 bits per heavy atom. The topological polar surface area (TPSA) is 76.6 Å². The van der Waals surface area contributed by atoms with Gasteiger partial charge in [0.05, 0.1) is 17.7 Å². The second kappa shape index (κ2) is 7.76. The number of nitrogens with zero attached hydrogens (tertiary/aromatic N) is 2. The number of rotatable bonds is 7. The van der Waals surface area contributed by atoms with E-state index in [4.69, 9.17) is 4.42 Å². The van der Waals surface area contributed by atoms with Gasteiger partial charge in [-0.1, -0.05) is 6.07 Å². The predicted molar refractivity (Wildman–Crippen MR) is 94.6 cm³/mol. The number of carbonyl (C=O) groups is 1. The Bertz CT molecular complexity index is 827. The molecule has 2 heterocycles. The van der Waals surface area contributed by atoms with Gasteiger partial charge in [0.15, 0.2) is 0 Å². The first-order valence-corrected chi connectivity index (χ1v) is 8.60. The van der Waals surface area contributed by atoms with Crippen molar-refractivity contribution in [2.75, 3.05) is 6.54 Å². The summed E-state index contributed by atoms with van der Waals surface area (Å²) in [6.45, 7) is 0.894. The molecule has 25 heavy (non-hydrogen) atoms. The van der Waals surface area contributed by atoms with Crippen LogP contribution < -0.4 is 0 Å². The van der Waals surface area contributed by atoms with Crippen LogP contribution in [0.3, 0.4) is 0 Å². The highest BCUT2D eigenvalue weighted by atomic mass is 32.1. The average Bonchev–Trinajstić information content (AvgIpc) is 3.31. The Balaban J connectivity index is 1.76. The van der Waals surface area contributed by atoms with Crippen LogP contribution in [0, 0.1) is 10.1 Å². The molecule has 0 fully saturated rings. The van der Waals surface area contributed by atoms with E-state index < -0.39 is 4.92 Å². The molecule has 3 rings (SSSR count). The third kappa shape index (κ3) is 4.33. The highest BCUT2D eigenvalue weighted by Crippen LogP contribution is 2.17. The van der Waals surface area contributed by atoms with Crippen molar-refractivity contribution >= 4 is 22.9 Å². The largest absolute Gasteiger partial charge is 0.467 e. The molecule has 0 bridgehead atoms. The number of carbonyl (C=O) groups excluding carboxylic acids is 1. The second-order valence-corrected chi connectivity index (χ2v) is 6.47. The lowest BCUT2D eigenvalue weighted by Crippen LogP contribution is -2.32. The van der Waals surface area contributed by atoms with E-state index in [0.29, 0.717) is 24.4 Å². The van der Waals surface area contributed by atoms with Gasteiger partial charge in [0.1, 0.15) is 5.76 Å². The fraction of sp³-hybridized carbons (Fsp3) is 0.167. The molecule has 0 saturated heterocycles. The van der Waals surface area contributed by atoms with Crippen molar-refractivity contribution in [3.8, 4) is 0 Å². The molecule has 7 heteroatoms. The van der Waals surface area contributed by atoms with Crippen molar-refractivity contribution in [3.05, 3.63) is 86.5 Å². The quantitative estimate of drug-likeness (QED) is 0.471. The fourth-order valence-corrected chi connectivity index (χ4v) is 3.15. The molecular formula is C18H16N2O4S. The third-order valence-electron chi connectivity index (χ3n) is 3.75. The molecule has 0 N–H and O–H groups in total. The van der Waals surface area contributed by atoms with Crippen LogP contribution in [0.2, 0.25) is 0 Å². The fourth-order valence-electron chi connectivity index (χ4n) is 2.45. The lowest BCUT2D eigenvalue weighted by atomic mass is 10.1. The van der Waals surface area contributed by atoms with Gasteiger partial charge in [0.2, 0.25) is 0 Å². The van der Waals surface area contributed by atoms with Crippen molar-refractivity contribution in [2.45, 2.75) is 13.0 Å². The first-order valence-electron chi connectivity index (χ1n) is 7.72. The number of benzene rings is 1. The molecule has 6 nitrogen and oxygen atoms in total. The molecule has 128 valence electrons. The van der Waals surface area contributed by atoms with Gasteiger partial charge < -0.3 is 9.32 Å². The average molecular weight is 356 g/mol. The molecule has 0 atom stereocenters. The number of hydrogen-bond donors (Lipinski definition) is 0. The summed E-state index contributed by atoms with van der Waals surface area (Å²) in [6, 6.07) is 13.3. The number of non-ortho nitro benzene ring substituents is 1. The summed E-state index contributed by atoms with van der Waals surface area (Å²) in [6.07, 6.45) is 2.32. The minimum absolute atomic E-state index is 0.0345. The SMILES string of the molecule is O=C(c1ccc([N+](=O)[O-])cc1)N(CCc1cccs1)Cc1ccco1. The maximum Gasteiger partial charge on any atom is 0.269 e. The molecule has 1 aromatic carbocycles. The summed E-state index contributed by atoms with van der Waals surface area (Å²) in [7, 11) is 0. The Hall–Kier alpha value is -2.93. The minimum atomic E-state index is -0.480. The van der Waals surface area contributed by atoms with E-state index in [-0.39, 0.29) is 11.6 Å². The molecule has 0 radical (unpaired) electrons. The van der Waals surface area contributed by atoms with Gasteiger partial charge in [0, 0.05) is 29.1 Å². The summed E-state index contributed by atoms with van der Waals surface area (Å²) >= 11 is 1.65. The molecule has 2 aromatic heterocycles. The van der Waals surface area contributed by atoms with E-state index in [9.17, 15) is 14.9 Å². The van der Waals surface area contributed by atoms with Crippen molar-refractivity contribution in [2.24, 2.45) is 0 Å². The van der Waals surface area contributed by atoms with Gasteiger partial charge in [-0.3, -0.25) is 14.9 Å². The minimum Gasteiger partial charge on any atom is -0.467 e. The maximum absolute atomic E-state index is 12.8. The first kappa shape index (κ1) is 16.9. The molecule has 1 amide bonds. The predicted octanol–water partition coefficient (Wildman–Crippen LogP) is 4.13. The summed E-state index contributed by atoms with van der Waals surface area (Å²) in [5, 5.41) is 12.8. The van der Waals surface area contributed by atoms with Crippen LogP contribution in [0.15, 0.2) is 64.6 Å². The van der Waals surface area contributed by atoms with Crippen molar-refractivity contribution in [3.63, 3.8) is 0 Å². The van der Waals surface area contributed by atoms with E-state index >= 15 is 0 Å². The summed E-state index contributed by atoms with van der Waals surface area (Å²) in [5.74, 6) is 0.518. The zero-order chi connectivity index (χ0) is 17.6. The standard InChI is InChI=1S/C18H16N2O4S/c21-18(14-5-7-15(8-6-14)20(22)23)19(13-16-3-1-11-24-16)10-9-17-4-2-12-25-17/h1-8,11-12H,9-10,13H2. The molecule has 3 aromatic rings. The molecule has 0 spiro atoms. The van der Waals surface area contributed by atoms with Gasteiger partial charge >= 0.3 is 0 Å². The van der Waals surface area contributed by atoms with Gasteiger partial charge in [0.25, 0.3) is 11.6 Å². The van der Waals surface area contributed by atoms with Crippen LogP contribution in [-0.2, 0) is 13.0 Å². The number of furan rings is 1. The normalized spacial score (nSPS) is 10.6. The van der Waals surface area contributed by atoms with Gasteiger partial charge in [-0.25, -0.2) is 0 Å². The van der Waals surface area contributed by atoms with Crippen molar-refractivity contribution in [1.82, 2.24) is 4.90 Å². The summed E-state index contributed by atoms with van der Waals surface area (Å²) < 4.78 is 5.36. The summed E-state index contributed by atoms with van der Waals surface area (Å²) in [4.78, 5) is 26.0. The number of amides is 1. The van der Waals surface area contributed by atoms with Crippen LogP contribution in [0.1, 0.15) is 21.0 Å². The van der Waals surface area contributed by atoms with Crippen molar-refractivity contribution < 1.29 is 14.1 Å². The highest BCUT2D eigenvalue weighted by molar-refractivity contribution is 7.09. The van der Waals surface area contributed by atoms with Gasteiger partial charge in [-0.15, -0.1) is 11.3 Å². The second-order valence-electron chi connectivity index (χ2n) is 5.44. The number of nitro groups is 1. The van der Waals surface area contributed by atoms with Crippen LogP contribution in [0.25, 0.3) is 0 Å². The third-order valence-corrected chi connectivity index (χ3v) is 4.68. The number of nitro benzene ring substituents is 1. The smallest absolute Gasteiger partial charge is 0.269 e. The van der Waals surface area contributed by atoms with E-state index in [1.54, 1.807) is 28.6 Å². The van der Waals surface area contributed by atoms with E-state index in [1.165, 1.54) is 29.1 Å².